The molecule has 0 aliphatic carbocycles. The summed E-state index contributed by atoms with van der Waals surface area (Å²) in [5.41, 5.74) is 1.54. The second-order valence-corrected chi connectivity index (χ2v) is 7.08. The van der Waals surface area contributed by atoms with E-state index in [4.69, 9.17) is 0 Å². The van der Waals surface area contributed by atoms with E-state index in [9.17, 15) is 0 Å². The standard InChI is InChI=1S/C20H37N3/c1-5-7-9-11-13-15-20(3,14-12-10-8-6-2)18-16-22-19(21-4)23-17-18/h16-17H,5-15H2,1-4H3,(H,21,22,23). The van der Waals surface area contributed by atoms with Crippen LogP contribution in [-0.4, -0.2) is 17.0 Å². The lowest BCUT2D eigenvalue weighted by molar-refractivity contribution is 0.361. The van der Waals surface area contributed by atoms with Crippen molar-refractivity contribution in [3.05, 3.63) is 18.0 Å². The molecule has 0 radical (unpaired) electrons. The Kier molecular flexibility index (Phi) is 9.89. The number of unbranched alkanes of at least 4 members (excludes halogenated alkanes) is 7. The monoisotopic (exact) mass is 319 g/mol. The minimum Gasteiger partial charge on any atom is -0.357 e. The van der Waals surface area contributed by atoms with Gasteiger partial charge in [-0.1, -0.05) is 78.6 Å². The minimum absolute atomic E-state index is 0.228. The van der Waals surface area contributed by atoms with Gasteiger partial charge in [-0.2, -0.15) is 0 Å². The van der Waals surface area contributed by atoms with Gasteiger partial charge in [0.1, 0.15) is 0 Å². The SMILES string of the molecule is CCCCCCCC(C)(CCCCCC)c1cnc(NC)nc1. The van der Waals surface area contributed by atoms with Crippen molar-refractivity contribution in [2.45, 2.75) is 96.8 Å². The van der Waals surface area contributed by atoms with Gasteiger partial charge in [-0.15, -0.1) is 0 Å². The smallest absolute Gasteiger partial charge is 0.222 e. The maximum atomic E-state index is 4.44. The summed E-state index contributed by atoms with van der Waals surface area (Å²) in [7, 11) is 1.87. The highest BCUT2D eigenvalue weighted by molar-refractivity contribution is 5.27. The molecule has 1 unspecified atom stereocenters. The Hall–Kier alpha value is -1.12. The maximum Gasteiger partial charge on any atom is 0.222 e. The zero-order valence-corrected chi connectivity index (χ0v) is 15.8. The fraction of sp³-hybridized carbons (Fsp3) is 0.800. The third kappa shape index (κ3) is 7.32. The van der Waals surface area contributed by atoms with E-state index in [1.165, 1.54) is 76.2 Å². The summed E-state index contributed by atoms with van der Waals surface area (Å²) < 4.78 is 0. The molecule has 0 aromatic carbocycles. The fourth-order valence-electron chi connectivity index (χ4n) is 3.24. The van der Waals surface area contributed by atoms with Crippen molar-refractivity contribution in [2.75, 3.05) is 12.4 Å². The van der Waals surface area contributed by atoms with Crippen molar-refractivity contribution in [2.24, 2.45) is 0 Å². The molecule has 1 N–H and O–H groups in total. The van der Waals surface area contributed by atoms with Crippen LogP contribution >= 0.6 is 0 Å². The summed E-state index contributed by atoms with van der Waals surface area (Å²) in [6.45, 7) is 6.96. The van der Waals surface area contributed by atoms with Crippen LogP contribution in [0.3, 0.4) is 0 Å². The van der Waals surface area contributed by atoms with Crippen molar-refractivity contribution in [1.82, 2.24) is 9.97 Å². The van der Waals surface area contributed by atoms with Crippen LogP contribution in [-0.2, 0) is 5.41 Å². The Balaban J connectivity index is 2.65. The molecule has 1 atom stereocenters. The van der Waals surface area contributed by atoms with Gasteiger partial charge in [-0.05, 0) is 23.8 Å². The van der Waals surface area contributed by atoms with Gasteiger partial charge < -0.3 is 5.32 Å². The Morgan fingerprint density at radius 1 is 0.826 bits per heavy atom. The first-order valence-electron chi connectivity index (χ1n) is 9.66. The van der Waals surface area contributed by atoms with E-state index < -0.39 is 0 Å². The van der Waals surface area contributed by atoms with E-state index in [0.717, 1.165) is 0 Å². The van der Waals surface area contributed by atoms with Crippen LogP contribution in [0, 0.1) is 0 Å². The van der Waals surface area contributed by atoms with Crippen LogP contribution in [0.1, 0.15) is 97.0 Å². The molecule has 1 aromatic heterocycles. The minimum atomic E-state index is 0.228. The molecule has 1 aromatic rings. The maximum absolute atomic E-state index is 4.44. The summed E-state index contributed by atoms with van der Waals surface area (Å²) in [5, 5.41) is 3.01. The molecule has 3 heteroatoms. The Labute approximate surface area is 143 Å². The second kappa shape index (κ2) is 11.4. The fourth-order valence-corrected chi connectivity index (χ4v) is 3.24. The molecule has 0 aliphatic rings. The lowest BCUT2D eigenvalue weighted by atomic mass is 9.75. The highest BCUT2D eigenvalue weighted by atomic mass is 15.1. The van der Waals surface area contributed by atoms with E-state index in [-0.39, 0.29) is 5.41 Å². The molecule has 0 bridgehead atoms. The third-order valence-electron chi connectivity index (χ3n) is 4.99. The first-order valence-corrected chi connectivity index (χ1v) is 9.66. The van der Waals surface area contributed by atoms with Gasteiger partial charge in [0.2, 0.25) is 5.95 Å². The number of nitrogens with one attached hydrogen (secondary N) is 1. The van der Waals surface area contributed by atoms with Gasteiger partial charge in [0.15, 0.2) is 0 Å². The molecular weight excluding hydrogens is 282 g/mol. The predicted octanol–water partition coefficient (Wildman–Crippen LogP) is 6.11. The van der Waals surface area contributed by atoms with Crippen molar-refractivity contribution >= 4 is 5.95 Å². The number of nitrogens with zero attached hydrogens (tertiary/aromatic N) is 2. The number of rotatable bonds is 13. The Morgan fingerprint density at radius 2 is 1.30 bits per heavy atom. The van der Waals surface area contributed by atoms with Gasteiger partial charge in [0.05, 0.1) is 0 Å². The molecule has 0 fully saturated rings. The molecule has 0 saturated heterocycles. The number of hydrogen-bond donors (Lipinski definition) is 1. The average molecular weight is 320 g/mol. The largest absolute Gasteiger partial charge is 0.357 e. The molecule has 23 heavy (non-hydrogen) atoms. The number of anilines is 1. The normalized spacial score (nSPS) is 13.7. The highest BCUT2D eigenvalue weighted by Gasteiger charge is 2.26. The molecule has 3 nitrogen and oxygen atoms in total. The van der Waals surface area contributed by atoms with Crippen LogP contribution in [0.15, 0.2) is 12.4 Å². The zero-order valence-electron chi connectivity index (χ0n) is 15.8. The van der Waals surface area contributed by atoms with Crippen LogP contribution < -0.4 is 5.32 Å². The van der Waals surface area contributed by atoms with Crippen LogP contribution in [0.5, 0.6) is 0 Å². The van der Waals surface area contributed by atoms with Gasteiger partial charge in [-0.3, -0.25) is 0 Å². The third-order valence-corrected chi connectivity index (χ3v) is 4.99. The number of hydrogen-bond acceptors (Lipinski definition) is 3. The molecular formula is C20H37N3. The van der Waals surface area contributed by atoms with E-state index >= 15 is 0 Å². The van der Waals surface area contributed by atoms with Crippen molar-refractivity contribution in [3.63, 3.8) is 0 Å². The summed E-state index contributed by atoms with van der Waals surface area (Å²) in [6, 6.07) is 0. The summed E-state index contributed by atoms with van der Waals surface area (Å²) in [4.78, 5) is 8.89. The molecule has 0 saturated carbocycles. The molecule has 0 amide bonds. The first-order chi connectivity index (χ1) is 11.2. The Morgan fingerprint density at radius 3 is 1.78 bits per heavy atom. The van der Waals surface area contributed by atoms with Crippen LogP contribution in [0.25, 0.3) is 0 Å². The average Bonchev–Trinajstić information content (AvgIpc) is 2.59. The van der Waals surface area contributed by atoms with Gasteiger partial charge in [-0.25, -0.2) is 9.97 Å². The lowest BCUT2D eigenvalue weighted by Gasteiger charge is -2.30. The molecule has 0 spiro atoms. The van der Waals surface area contributed by atoms with Crippen molar-refractivity contribution < 1.29 is 0 Å². The van der Waals surface area contributed by atoms with Gasteiger partial charge in [0.25, 0.3) is 0 Å². The van der Waals surface area contributed by atoms with Crippen molar-refractivity contribution in [1.29, 1.82) is 0 Å². The molecule has 0 aliphatic heterocycles. The quantitative estimate of drug-likeness (QED) is 0.446. The molecule has 132 valence electrons. The van der Waals surface area contributed by atoms with E-state index in [1.807, 2.05) is 19.4 Å². The summed E-state index contributed by atoms with van der Waals surface area (Å²) in [5.74, 6) is 0.713. The molecule has 1 rings (SSSR count). The summed E-state index contributed by atoms with van der Waals surface area (Å²) >= 11 is 0. The molecule has 1 heterocycles. The zero-order chi connectivity index (χ0) is 17.0. The van der Waals surface area contributed by atoms with Gasteiger partial charge in [0, 0.05) is 19.4 Å². The van der Waals surface area contributed by atoms with Crippen molar-refractivity contribution in [3.8, 4) is 0 Å². The second-order valence-electron chi connectivity index (χ2n) is 7.08. The predicted molar refractivity (Wildman–Crippen MR) is 101 cm³/mol. The van der Waals surface area contributed by atoms with Gasteiger partial charge >= 0.3 is 0 Å². The lowest BCUT2D eigenvalue weighted by Crippen LogP contribution is -2.23. The van der Waals surface area contributed by atoms with Crippen LogP contribution in [0.2, 0.25) is 0 Å². The van der Waals surface area contributed by atoms with E-state index in [1.54, 1.807) is 0 Å². The van der Waals surface area contributed by atoms with Crippen LogP contribution in [0.4, 0.5) is 5.95 Å². The summed E-state index contributed by atoms with van der Waals surface area (Å²) in [6.07, 6.45) is 18.6. The topological polar surface area (TPSA) is 37.8 Å². The van der Waals surface area contributed by atoms with E-state index in [0.29, 0.717) is 5.95 Å². The van der Waals surface area contributed by atoms with E-state index in [2.05, 4.69) is 36.1 Å². The highest BCUT2D eigenvalue weighted by Crippen LogP contribution is 2.35. The Bertz CT molecular complexity index is 402. The first kappa shape index (κ1) is 19.9. The number of aromatic nitrogens is 2.